The van der Waals surface area contributed by atoms with Crippen molar-refractivity contribution in [3.05, 3.63) is 41.9 Å². The van der Waals surface area contributed by atoms with Crippen molar-refractivity contribution >= 4 is 22.2 Å². The molecule has 1 aliphatic carbocycles. The van der Waals surface area contributed by atoms with Gasteiger partial charge in [-0.1, -0.05) is 41.9 Å². The second kappa shape index (κ2) is 8.53. The van der Waals surface area contributed by atoms with Crippen molar-refractivity contribution in [2.45, 2.75) is 45.6 Å². The average molecular weight is 398 g/mol. The Morgan fingerprint density at radius 2 is 1.89 bits per heavy atom. The van der Waals surface area contributed by atoms with Gasteiger partial charge in [0.2, 0.25) is 0 Å². The fourth-order valence-corrected chi connectivity index (χ4v) is 5.06. The summed E-state index contributed by atoms with van der Waals surface area (Å²) in [7, 11) is 0. The number of hydrogen-bond acceptors (Lipinski definition) is 6. The van der Waals surface area contributed by atoms with Gasteiger partial charge >= 0.3 is 0 Å². The molecule has 2 fully saturated rings. The molecule has 0 atom stereocenters. The lowest BCUT2D eigenvalue weighted by molar-refractivity contribution is -0.301. The van der Waals surface area contributed by atoms with Crippen LogP contribution in [0.15, 0.2) is 41.9 Å². The zero-order chi connectivity index (χ0) is 19.5. The molecule has 0 spiro atoms. The molecular weight excluding hydrogens is 368 g/mol. The number of nitrogens with zero attached hydrogens (tertiary/aromatic N) is 3. The molecule has 1 saturated heterocycles. The summed E-state index contributed by atoms with van der Waals surface area (Å²) < 4.78 is 0. The highest BCUT2D eigenvalue weighted by atomic mass is 32.1. The molecule has 6 heteroatoms. The maximum atomic E-state index is 11.9. The molecule has 1 aromatic carbocycles. The van der Waals surface area contributed by atoms with Crippen LogP contribution in [0.1, 0.15) is 39.5 Å². The van der Waals surface area contributed by atoms with Crippen molar-refractivity contribution in [2.24, 2.45) is 0 Å². The van der Waals surface area contributed by atoms with Gasteiger partial charge < -0.3 is 15.3 Å². The van der Waals surface area contributed by atoms with Gasteiger partial charge in [0.05, 0.1) is 4.88 Å². The van der Waals surface area contributed by atoms with E-state index in [2.05, 4.69) is 21.2 Å². The molecule has 0 unspecified atom stereocenters. The quantitative estimate of drug-likeness (QED) is 0.776. The molecule has 1 N–H and O–H groups in total. The minimum Gasteiger partial charge on any atom is -0.860 e. The molecule has 2 aliphatic rings. The Morgan fingerprint density at radius 1 is 1.14 bits per heavy atom. The fraction of sp³-hybridized carbons (Fsp3) is 0.500. The van der Waals surface area contributed by atoms with Crippen molar-refractivity contribution in [3.8, 4) is 10.4 Å². The van der Waals surface area contributed by atoms with Gasteiger partial charge in [0.25, 0.3) is 0 Å². The molecule has 0 radical (unpaired) electrons. The van der Waals surface area contributed by atoms with E-state index in [-0.39, 0.29) is 5.88 Å². The zero-order valence-electron chi connectivity index (χ0n) is 16.8. The maximum Gasteiger partial charge on any atom is 0.185 e. The van der Waals surface area contributed by atoms with Crippen LogP contribution in [0, 0.1) is 0 Å². The molecule has 0 bridgehead atoms. The first-order valence-electron chi connectivity index (χ1n) is 10.3. The van der Waals surface area contributed by atoms with E-state index in [1.807, 2.05) is 38.2 Å². The van der Waals surface area contributed by atoms with Crippen LogP contribution in [0.5, 0.6) is 0 Å². The Hall–Kier alpha value is -2.05. The lowest BCUT2D eigenvalue weighted by atomic mass is 10.2. The molecule has 2 aromatic rings. The predicted molar refractivity (Wildman–Crippen MR) is 116 cm³/mol. The van der Waals surface area contributed by atoms with Crippen LogP contribution in [-0.2, 0) is 0 Å². The minimum absolute atomic E-state index is 0.0396. The first-order valence-corrected chi connectivity index (χ1v) is 11.1. The number of rotatable bonds is 5. The maximum absolute atomic E-state index is 11.9. The third-order valence-corrected chi connectivity index (χ3v) is 6.89. The van der Waals surface area contributed by atoms with Crippen LogP contribution in [0.3, 0.4) is 0 Å². The summed E-state index contributed by atoms with van der Waals surface area (Å²) in [4.78, 5) is 10.9. The monoisotopic (exact) mass is 397 g/mol. The van der Waals surface area contributed by atoms with Crippen LogP contribution in [0.2, 0.25) is 0 Å². The van der Waals surface area contributed by atoms with Gasteiger partial charge in [-0.15, -0.1) is 0 Å². The van der Waals surface area contributed by atoms with Crippen molar-refractivity contribution in [1.29, 1.82) is 0 Å². The molecule has 2 heterocycles. The number of piperazine rings is 1. The summed E-state index contributed by atoms with van der Waals surface area (Å²) >= 11 is 1.74. The molecule has 5 nitrogen and oxygen atoms in total. The summed E-state index contributed by atoms with van der Waals surface area (Å²) in [6.45, 7) is 8.06. The van der Waals surface area contributed by atoms with E-state index in [1.54, 1.807) is 11.3 Å². The van der Waals surface area contributed by atoms with Gasteiger partial charge in [-0.25, -0.2) is 4.98 Å². The minimum atomic E-state index is -0.0396. The van der Waals surface area contributed by atoms with Gasteiger partial charge in [-0.05, 0) is 50.3 Å². The van der Waals surface area contributed by atoms with Crippen molar-refractivity contribution < 1.29 is 5.11 Å². The number of benzene rings is 1. The average Bonchev–Trinajstić information content (AvgIpc) is 3.40. The molecule has 4 rings (SSSR count). The SMILES string of the molecule is CC(C)=C([O-])Nc1cccc(-c2cnc(N3CCN(C4CCCC4)CC3)s2)c1. The van der Waals surface area contributed by atoms with Gasteiger partial charge in [-0.3, -0.25) is 4.90 Å². The lowest BCUT2D eigenvalue weighted by Gasteiger charge is -2.37. The van der Waals surface area contributed by atoms with Crippen molar-refractivity contribution in [3.63, 3.8) is 0 Å². The number of thiazole rings is 1. The Balaban J connectivity index is 1.41. The third kappa shape index (κ3) is 4.33. The van der Waals surface area contributed by atoms with Crippen LogP contribution in [0.4, 0.5) is 10.8 Å². The molecular formula is C22H29N4OS-. The van der Waals surface area contributed by atoms with E-state index in [0.29, 0.717) is 0 Å². The number of hydrogen-bond donors (Lipinski definition) is 1. The summed E-state index contributed by atoms with van der Waals surface area (Å²) in [5.74, 6) is -0.0396. The van der Waals surface area contributed by atoms with Crippen LogP contribution in [-0.4, -0.2) is 42.1 Å². The van der Waals surface area contributed by atoms with E-state index in [0.717, 1.165) is 59.1 Å². The highest BCUT2D eigenvalue weighted by molar-refractivity contribution is 7.18. The molecule has 1 saturated carbocycles. The highest BCUT2D eigenvalue weighted by Gasteiger charge is 2.27. The van der Waals surface area contributed by atoms with E-state index < -0.39 is 0 Å². The third-order valence-electron chi connectivity index (χ3n) is 5.78. The molecule has 0 amide bonds. The Bertz CT molecular complexity index is 829. The van der Waals surface area contributed by atoms with E-state index in [4.69, 9.17) is 4.98 Å². The van der Waals surface area contributed by atoms with Crippen LogP contribution < -0.4 is 15.3 Å². The standard InChI is InChI=1S/C22H30N4OS/c1-16(2)21(27)24-18-7-5-6-17(14-18)20-15-23-22(28-20)26-12-10-25(11-13-26)19-8-3-4-9-19/h5-7,14-15,19,24,27H,3-4,8-13H2,1-2H3/p-1. The van der Waals surface area contributed by atoms with E-state index >= 15 is 0 Å². The van der Waals surface area contributed by atoms with Gasteiger partial charge in [0.1, 0.15) is 0 Å². The van der Waals surface area contributed by atoms with Crippen molar-refractivity contribution in [1.82, 2.24) is 9.88 Å². The number of aromatic nitrogens is 1. The first kappa shape index (κ1) is 19.3. The second-order valence-corrected chi connectivity index (χ2v) is 9.01. The number of allylic oxidation sites excluding steroid dienone is 1. The highest BCUT2D eigenvalue weighted by Crippen LogP contribution is 2.33. The Labute approximate surface area is 171 Å². The largest absolute Gasteiger partial charge is 0.860 e. The molecule has 1 aromatic heterocycles. The zero-order valence-corrected chi connectivity index (χ0v) is 17.6. The number of nitrogens with one attached hydrogen (secondary N) is 1. The summed E-state index contributed by atoms with van der Waals surface area (Å²) in [6.07, 6.45) is 7.51. The normalized spacial score (nSPS) is 18.4. The molecule has 28 heavy (non-hydrogen) atoms. The number of anilines is 2. The molecule has 1 aliphatic heterocycles. The Morgan fingerprint density at radius 3 is 2.61 bits per heavy atom. The van der Waals surface area contributed by atoms with Gasteiger partial charge in [-0.2, -0.15) is 0 Å². The fourth-order valence-electron chi connectivity index (χ4n) is 4.10. The lowest BCUT2D eigenvalue weighted by Crippen LogP contribution is -2.49. The van der Waals surface area contributed by atoms with Gasteiger partial charge in [0.15, 0.2) is 5.13 Å². The summed E-state index contributed by atoms with van der Waals surface area (Å²) in [6, 6.07) is 8.82. The van der Waals surface area contributed by atoms with Crippen molar-refractivity contribution in [2.75, 3.05) is 36.4 Å². The predicted octanol–water partition coefficient (Wildman–Crippen LogP) is 3.90. The molecule has 150 valence electrons. The Kier molecular flexibility index (Phi) is 5.87. The van der Waals surface area contributed by atoms with Crippen LogP contribution in [0.25, 0.3) is 10.4 Å². The smallest absolute Gasteiger partial charge is 0.185 e. The topological polar surface area (TPSA) is 54.5 Å². The van der Waals surface area contributed by atoms with E-state index in [9.17, 15) is 5.11 Å². The van der Waals surface area contributed by atoms with E-state index in [1.165, 1.54) is 25.7 Å². The van der Waals surface area contributed by atoms with Crippen LogP contribution >= 0.6 is 11.3 Å². The summed E-state index contributed by atoms with van der Waals surface area (Å²) in [5, 5.41) is 16.0. The van der Waals surface area contributed by atoms with Gasteiger partial charge in [0, 0.05) is 44.1 Å². The second-order valence-electron chi connectivity index (χ2n) is 8.00. The first-order chi connectivity index (χ1) is 13.6. The summed E-state index contributed by atoms with van der Waals surface area (Å²) in [5.41, 5.74) is 2.67.